The van der Waals surface area contributed by atoms with Gasteiger partial charge in [-0.3, -0.25) is 0 Å². The second kappa shape index (κ2) is 9.22. The van der Waals surface area contributed by atoms with Crippen LogP contribution in [0.2, 0.25) is 0 Å². The Hall–Kier alpha value is -2.32. The monoisotopic (exact) mass is 425 g/mol. The molecule has 1 fully saturated rings. The van der Waals surface area contributed by atoms with Crippen molar-refractivity contribution < 1.29 is 14.0 Å². The quantitative estimate of drug-likeness (QED) is 0.442. The van der Waals surface area contributed by atoms with Gasteiger partial charge in [0.2, 0.25) is 0 Å². The van der Waals surface area contributed by atoms with E-state index in [9.17, 15) is 4.55 Å². The van der Waals surface area contributed by atoms with Gasteiger partial charge in [-0.05, 0) is 42.2 Å². The number of aromatic nitrogens is 2. The summed E-state index contributed by atoms with van der Waals surface area (Å²) in [7, 11) is 0. The van der Waals surface area contributed by atoms with Crippen molar-refractivity contribution in [3.8, 4) is 0 Å². The Balaban J connectivity index is 1.47. The van der Waals surface area contributed by atoms with Gasteiger partial charge in [-0.25, -0.2) is 4.98 Å². The van der Waals surface area contributed by atoms with Crippen molar-refractivity contribution in [2.75, 3.05) is 18.1 Å². The number of ether oxygens (including phenoxy) is 2. The van der Waals surface area contributed by atoms with E-state index in [1.54, 1.807) is 18.5 Å². The fraction of sp³-hybridized carbons (Fsp3) is 0.348. The molecule has 2 heterocycles. The molecule has 0 spiro atoms. The topological polar surface area (TPSA) is 85.4 Å². The molecular weight excluding hydrogens is 398 g/mol. The summed E-state index contributed by atoms with van der Waals surface area (Å²) in [5, 5.41) is 0. The molecule has 30 heavy (non-hydrogen) atoms. The molecule has 158 valence electrons. The smallest absolute Gasteiger partial charge is 0.187 e. The van der Waals surface area contributed by atoms with E-state index in [4.69, 9.17) is 15.2 Å². The first-order valence-corrected chi connectivity index (χ1v) is 11.4. The Morgan fingerprint density at radius 1 is 1.20 bits per heavy atom. The molecule has 0 radical (unpaired) electrons. The molecule has 0 saturated carbocycles. The number of nitrogens with two attached hydrogens (primary N) is 1. The van der Waals surface area contributed by atoms with Crippen LogP contribution in [-0.2, 0) is 33.6 Å². The first-order valence-electron chi connectivity index (χ1n) is 10.1. The van der Waals surface area contributed by atoms with Crippen molar-refractivity contribution in [2.45, 2.75) is 43.1 Å². The number of benzene rings is 2. The zero-order chi connectivity index (χ0) is 21.0. The normalized spacial score (nSPS) is 22.3. The first kappa shape index (κ1) is 20.9. The number of anilines is 1. The maximum absolute atomic E-state index is 12.9. The van der Waals surface area contributed by atoms with E-state index in [-0.39, 0.29) is 6.10 Å². The third kappa shape index (κ3) is 4.87. The van der Waals surface area contributed by atoms with Gasteiger partial charge in [0.05, 0.1) is 25.2 Å². The van der Waals surface area contributed by atoms with Gasteiger partial charge in [0, 0.05) is 18.3 Å². The summed E-state index contributed by atoms with van der Waals surface area (Å²) in [4.78, 5) is 4.87. The minimum absolute atomic E-state index is 0.259. The van der Waals surface area contributed by atoms with Gasteiger partial charge in [-0.2, -0.15) is 0 Å². The Bertz CT molecular complexity index is 965. The highest BCUT2D eigenvalue weighted by Crippen LogP contribution is 2.33. The summed E-state index contributed by atoms with van der Waals surface area (Å²) in [6, 6.07) is 17.6. The van der Waals surface area contributed by atoms with E-state index in [0.717, 1.165) is 12.1 Å². The van der Waals surface area contributed by atoms with E-state index >= 15 is 0 Å². The SMILES string of the molecule is Cc1cncn1C[C@@]1(CCc2ccccc2)OC[C@@H](C[S+]([O-])c2ccccc2N)O1. The minimum Gasteiger partial charge on any atom is -0.611 e. The lowest BCUT2D eigenvalue weighted by atomic mass is 10.0. The van der Waals surface area contributed by atoms with Crippen molar-refractivity contribution in [1.29, 1.82) is 0 Å². The van der Waals surface area contributed by atoms with E-state index in [1.165, 1.54) is 5.56 Å². The van der Waals surface area contributed by atoms with Gasteiger partial charge in [-0.15, -0.1) is 0 Å². The molecule has 1 aliphatic rings. The lowest BCUT2D eigenvalue weighted by molar-refractivity contribution is -0.180. The van der Waals surface area contributed by atoms with Crippen LogP contribution < -0.4 is 5.73 Å². The highest BCUT2D eigenvalue weighted by atomic mass is 32.2. The Kier molecular flexibility index (Phi) is 6.43. The van der Waals surface area contributed by atoms with Crippen LogP contribution in [0.4, 0.5) is 5.69 Å². The molecule has 4 rings (SSSR count). The second-order valence-corrected chi connectivity index (χ2v) is 9.12. The molecule has 2 aromatic carbocycles. The lowest BCUT2D eigenvalue weighted by Gasteiger charge is -2.29. The second-order valence-electron chi connectivity index (χ2n) is 7.66. The Labute approximate surface area is 180 Å². The van der Waals surface area contributed by atoms with Crippen LogP contribution in [0.25, 0.3) is 0 Å². The van der Waals surface area contributed by atoms with Crippen molar-refractivity contribution >= 4 is 16.9 Å². The average Bonchev–Trinajstić information content (AvgIpc) is 3.34. The van der Waals surface area contributed by atoms with E-state index in [1.807, 2.05) is 48.0 Å². The number of hydrogen-bond donors (Lipinski definition) is 1. The summed E-state index contributed by atoms with van der Waals surface area (Å²) < 4.78 is 27.6. The van der Waals surface area contributed by atoms with Crippen LogP contribution in [0.5, 0.6) is 0 Å². The molecule has 3 aromatic rings. The molecule has 3 atom stereocenters. The van der Waals surface area contributed by atoms with Crippen molar-refractivity contribution in [2.24, 2.45) is 0 Å². The van der Waals surface area contributed by atoms with Gasteiger partial charge < -0.3 is 24.3 Å². The number of rotatable bonds is 8. The number of hydrogen-bond acceptors (Lipinski definition) is 5. The number of para-hydroxylation sites is 1. The summed E-state index contributed by atoms with van der Waals surface area (Å²) >= 11 is -1.25. The zero-order valence-corrected chi connectivity index (χ0v) is 17.9. The number of aryl methyl sites for hydroxylation is 2. The molecule has 1 saturated heterocycles. The first-order chi connectivity index (χ1) is 14.5. The van der Waals surface area contributed by atoms with Gasteiger partial charge in [-0.1, -0.05) is 42.5 Å². The number of nitrogens with zero attached hydrogens (tertiary/aromatic N) is 2. The highest BCUT2D eigenvalue weighted by molar-refractivity contribution is 7.91. The zero-order valence-electron chi connectivity index (χ0n) is 17.1. The van der Waals surface area contributed by atoms with Crippen LogP contribution in [0.1, 0.15) is 17.7 Å². The molecular formula is C23H27N3O3S. The van der Waals surface area contributed by atoms with Crippen LogP contribution in [0.3, 0.4) is 0 Å². The lowest BCUT2D eigenvalue weighted by Crippen LogP contribution is -2.38. The summed E-state index contributed by atoms with van der Waals surface area (Å²) in [6.45, 7) is 2.96. The Morgan fingerprint density at radius 3 is 2.70 bits per heavy atom. The molecule has 7 heteroatoms. The molecule has 1 aromatic heterocycles. The molecule has 1 aliphatic heterocycles. The third-order valence-corrected chi connectivity index (χ3v) is 6.92. The average molecular weight is 426 g/mol. The van der Waals surface area contributed by atoms with Crippen molar-refractivity contribution in [3.63, 3.8) is 0 Å². The van der Waals surface area contributed by atoms with Gasteiger partial charge in [0.1, 0.15) is 11.9 Å². The molecule has 6 nitrogen and oxygen atoms in total. The fourth-order valence-corrected chi connectivity index (χ4v) is 4.97. The van der Waals surface area contributed by atoms with Crippen molar-refractivity contribution in [1.82, 2.24) is 9.55 Å². The third-order valence-electron chi connectivity index (χ3n) is 5.38. The van der Waals surface area contributed by atoms with E-state index in [2.05, 4.69) is 17.1 Å². The van der Waals surface area contributed by atoms with Crippen LogP contribution in [0.15, 0.2) is 72.0 Å². The number of imidazole rings is 1. The predicted molar refractivity (Wildman–Crippen MR) is 117 cm³/mol. The van der Waals surface area contributed by atoms with Crippen LogP contribution in [0, 0.1) is 6.92 Å². The maximum atomic E-state index is 12.9. The predicted octanol–water partition coefficient (Wildman–Crippen LogP) is 3.33. The molecule has 0 bridgehead atoms. The van der Waals surface area contributed by atoms with Gasteiger partial charge >= 0.3 is 0 Å². The summed E-state index contributed by atoms with van der Waals surface area (Å²) in [6.07, 6.45) is 4.89. The molecule has 0 amide bonds. The highest BCUT2D eigenvalue weighted by Gasteiger charge is 2.43. The van der Waals surface area contributed by atoms with E-state index < -0.39 is 17.0 Å². The molecule has 0 aliphatic carbocycles. The Morgan fingerprint density at radius 2 is 1.97 bits per heavy atom. The maximum Gasteiger partial charge on any atom is 0.187 e. The van der Waals surface area contributed by atoms with Crippen LogP contribution >= 0.6 is 0 Å². The number of nitrogen functional groups attached to an aromatic ring is 1. The van der Waals surface area contributed by atoms with Gasteiger partial charge in [0.15, 0.2) is 10.7 Å². The van der Waals surface area contributed by atoms with Crippen LogP contribution in [-0.4, -0.2) is 38.4 Å². The summed E-state index contributed by atoms with van der Waals surface area (Å²) in [5.41, 5.74) is 8.81. The molecule has 2 N–H and O–H groups in total. The van der Waals surface area contributed by atoms with Crippen molar-refractivity contribution in [3.05, 3.63) is 78.4 Å². The fourth-order valence-electron chi connectivity index (χ4n) is 3.73. The van der Waals surface area contributed by atoms with E-state index in [0.29, 0.717) is 35.9 Å². The standard InChI is InChI=1S/C23H27N3O3S/c1-18-13-25-17-26(18)16-23(12-11-19-7-3-2-4-8-19)28-14-20(29-23)15-30(27)22-10-6-5-9-21(22)24/h2-10,13,17,20H,11-12,14-16,24H2,1H3/t20-,23-,30?/m0/s1. The summed E-state index contributed by atoms with van der Waals surface area (Å²) in [5.74, 6) is -0.428. The molecule has 1 unspecified atom stereocenters. The minimum atomic E-state index is -1.25. The largest absolute Gasteiger partial charge is 0.611 e. The van der Waals surface area contributed by atoms with Gasteiger partial charge in [0.25, 0.3) is 0 Å².